The highest BCUT2D eigenvalue weighted by molar-refractivity contribution is 6.42. The van der Waals surface area contributed by atoms with Crippen LogP contribution in [0.15, 0.2) is 23.2 Å². The molecule has 0 saturated heterocycles. The van der Waals surface area contributed by atoms with Gasteiger partial charge in [0.2, 0.25) is 5.91 Å². The van der Waals surface area contributed by atoms with Gasteiger partial charge in [0, 0.05) is 33.7 Å². The van der Waals surface area contributed by atoms with Gasteiger partial charge >= 0.3 is 0 Å². The molecule has 0 bridgehead atoms. The number of carbonyl (C=O) groups is 1. The molecule has 1 fully saturated rings. The molecule has 1 saturated carbocycles. The monoisotopic (exact) mass is 356 g/mol. The zero-order valence-corrected chi connectivity index (χ0v) is 15.2. The molecule has 0 aliphatic heterocycles. The number of guanidine groups is 1. The number of nitrogens with zero attached hydrogens (tertiary/aromatic N) is 3. The maximum atomic E-state index is 11.8. The minimum atomic E-state index is -0.0250. The van der Waals surface area contributed by atoms with Gasteiger partial charge in [0.25, 0.3) is 0 Å². The van der Waals surface area contributed by atoms with E-state index in [2.05, 4.69) is 10.3 Å². The molecule has 7 heteroatoms. The van der Waals surface area contributed by atoms with Crippen LogP contribution in [-0.4, -0.2) is 55.4 Å². The van der Waals surface area contributed by atoms with Crippen molar-refractivity contribution >= 4 is 35.1 Å². The molecule has 0 unspecified atom stereocenters. The predicted molar refractivity (Wildman–Crippen MR) is 95.1 cm³/mol. The van der Waals surface area contributed by atoms with Crippen molar-refractivity contribution in [3.8, 4) is 0 Å². The fourth-order valence-electron chi connectivity index (χ4n) is 1.96. The van der Waals surface area contributed by atoms with Crippen LogP contribution in [0.4, 0.5) is 0 Å². The topological polar surface area (TPSA) is 47.9 Å². The maximum absolute atomic E-state index is 11.8. The molecule has 2 rings (SSSR count). The highest BCUT2D eigenvalue weighted by atomic mass is 35.5. The molecule has 0 radical (unpaired) electrons. The van der Waals surface area contributed by atoms with E-state index in [0.29, 0.717) is 22.6 Å². The van der Waals surface area contributed by atoms with E-state index in [0.717, 1.165) is 24.4 Å². The molecular weight excluding hydrogens is 335 g/mol. The zero-order chi connectivity index (χ0) is 17.0. The second kappa shape index (κ2) is 7.88. The van der Waals surface area contributed by atoms with Crippen LogP contribution in [-0.2, 0) is 11.3 Å². The summed E-state index contributed by atoms with van der Waals surface area (Å²) >= 11 is 12.0. The number of hydrogen-bond acceptors (Lipinski definition) is 2. The molecular formula is C16H22Cl2N4O. The average Bonchev–Trinajstić information content (AvgIpc) is 3.30. The van der Waals surface area contributed by atoms with Crippen LogP contribution in [0.1, 0.15) is 18.4 Å². The van der Waals surface area contributed by atoms with E-state index < -0.39 is 0 Å². The summed E-state index contributed by atoms with van der Waals surface area (Å²) in [7, 11) is 5.40. The Morgan fingerprint density at radius 2 is 1.96 bits per heavy atom. The Morgan fingerprint density at radius 3 is 2.52 bits per heavy atom. The van der Waals surface area contributed by atoms with Crippen LogP contribution >= 0.6 is 23.2 Å². The van der Waals surface area contributed by atoms with Crippen LogP contribution in [0.25, 0.3) is 0 Å². The Morgan fingerprint density at radius 1 is 1.26 bits per heavy atom. The molecule has 0 heterocycles. The van der Waals surface area contributed by atoms with E-state index in [1.165, 1.54) is 4.90 Å². The number of aliphatic imine (C=N–C) groups is 1. The number of carbonyl (C=O) groups excluding carboxylic acids is 1. The summed E-state index contributed by atoms with van der Waals surface area (Å²) in [5, 5.41) is 4.45. The van der Waals surface area contributed by atoms with Gasteiger partial charge in [0.15, 0.2) is 5.96 Å². The van der Waals surface area contributed by atoms with Crippen molar-refractivity contribution in [2.24, 2.45) is 4.99 Å². The van der Waals surface area contributed by atoms with Gasteiger partial charge in [0.1, 0.15) is 6.54 Å². The Bertz CT molecular complexity index is 600. The van der Waals surface area contributed by atoms with Gasteiger partial charge in [-0.25, -0.2) is 4.99 Å². The van der Waals surface area contributed by atoms with E-state index in [1.54, 1.807) is 20.2 Å². The molecule has 1 N–H and O–H groups in total. The highest BCUT2D eigenvalue weighted by Crippen LogP contribution is 2.23. The Hall–Kier alpha value is -1.46. The standard InChI is InChI=1S/C16H22Cl2N4O/c1-21(2)15(23)9-19-16(20-12-5-6-12)22(3)10-11-4-7-13(17)14(18)8-11/h4,7-8,12H,5-6,9-10H2,1-3H3,(H,19,20). The lowest BCUT2D eigenvalue weighted by Gasteiger charge is -2.23. The summed E-state index contributed by atoms with van der Waals surface area (Å²) < 4.78 is 0. The zero-order valence-electron chi connectivity index (χ0n) is 13.6. The van der Waals surface area contributed by atoms with E-state index in [9.17, 15) is 4.79 Å². The van der Waals surface area contributed by atoms with E-state index in [-0.39, 0.29) is 12.5 Å². The average molecular weight is 357 g/mol. The summed E-state index contributed by atoms with van der Waals surface area (Å²) in [6.07, 6.45) is 2.28. The molecule has 1 amide bonds. The molecule has 1 aliphatic carbocycles. The van der Waals surface area contributed by atoms with Crippen LogP contribution in [0.3, 0.4) is 0 Å². The maximum Gasteiger partial charge on any atom is 0.243 e. The van der Waals surface area contributed by atoms with Gasteiger partial charge in [-0.1, -0.05) is 29.3 Å². The molecule has 0 atom stereocenters. The van der Waals surface area contributed by atoms with E-state index in [4.69, 9.17) is 23.2 Å². The second-order valence-electron chi connectivity index (χ2n) is 5.95. The Labute approximate surface area is 147 Å². The van der Waals surface area contributed by atoms with Crippen LogP contribution in [0, 0.1) is 0 Å². The Balaban J connectivity index is 2.05. The minimum Gasteiger partial charge on any atom is -0.353 e. The SMILES string of the molecule is CN(C)C(=O)CN=C(NC1CC1)N(C)Cc1ccc(Cl)c(Cl)c1. The molecule has 1 aromatic rings. The van der Waals surface area contributed by atoms with E-state index in [1.807, 2.05) is 24.1 Å². The lowest BCUT2D eigenvalue weighted by atomic mass is 10.2. The van der Waals surface area contributed by atoms with Crippen molar-refractivity contribution in [1.29, 1.82) is 0 Å². The van der Waals surface area contributed by atoms with Crippen molar-refractivity contribution in [3.63, 3.8) is 0 Å². The van der Waals surface area contributed by atoms with Crippen molar-refractivity contribution in [3.05, 3.63) is 33.8 Å². The number of rotatable bonds is 5. The first-order chi connectivity index (χ1) is 10.9. The first kappa shape index (κ1) is 17.9. The van der Waals surface area contributed by atoms with Crippen LogP contribution in [0.2, 0.25) is 10.0 Å². The van der Waals surface area contributed by atoms with E-state index >= 15 is 0 Å². The third-order valence-corrected chi connectivity index (χ3v) is 4.28. The molecule has 23 heavy (non-hydrogen) atoms. The molecule has 1 aromatic carbocycles. The number of amides is 1. The molecule has 0 spiro atoms. The minimum absolute atomic E-state index is 0.0250. The first-order valence-electron chi connectivity index (χ1n) is 7.53. The van der Waals surface area contributed by atoms with Gasteiger partial charge in [-0.3, -0.25) is 4.79 Å². The number of nitrogens with one attached hydrogen (secondary N) is 1. The third kappa shape index (κ3) is 5.59. The molecule has 126 valence electrons. The lowest BCUT2D eigenvalue weighted by Crippen LogP contribution is -2.40. The number of hydrogen-bond donors (Lipinski definition) is 1. The van der Waals surface area contributed by atoms with Crippen molar-refractivity contribution in [2.45, 2.75) is 25.4 Å². The highest BCUT2D eigenvalue weighted by Gasteiger charge is 2.24. The fourth-order valence-corrected chi connectivity index (χ4v) is 2.28. The molecule has 5 nitrogen and oxygen atoms in total. The number of halogens is 2. The predicted octanol–water partition coefficient (Wildman–Crippen LogP) is 2.62. The fraction of sp³-hybridized carbons (Fsp3) is 0.500. The summed E-state index contributed by atoms with van der Waals surface area (Å²) in [5.74, 6) is 0.705. The smallest absolute Gasteiger partial charge is 0.243 e. The number of likely N-dealkylation sites (N-methyl/N-ethyl adjacent to an activating group) is 1. The van der Waals surface area contributed by atoms with Gasteiger partial charge in [-0.05, 0) is 30.5 Å². The van der Waals surface area contributed by atoms with Gasteiger partial charge in [0.05, 0.1) is 10.0 Å². The summed E-state index contributed by atoms with van der Waals surface area (Å²) in [6.45, 7) is 0.763. The lowest BCUT2D eigenvalue weighted by molar-refractivity contribution is -0.127. The van der Waals surface area contributed by atoms with Gasteiger partial charge in [-0.2, -0.15) is 0 Å². The van der Waals surface area contributed by atoms with Crippen LogP contribution in [0.5, 0.6) is 0 Å². The van der Waals surface area contributed by atoms with Gasteiger partial charge in [-0.15, -0.1) is 0 Å². The third-order valence-electron chi connectivity index (χ3n) is 3.54. The molecule has 1 aliphatic rings. The Kier molecular flexibility index (Phi) is 6.13. The van der Waals surface area contributed by atoms with Crippen LogP contribution < -0.4 is 5.32 Å². The van der Waals surface area contributed by atoms with Gasteiger partial charge < -0.3 is 15.1 Å². The second-order valence-corrected chi connectivity index (χ2v) is 6.77. The quantitative estimate of drug-likeness (QED) is 0.651. The summed E-state index contributed by atoms with van der Waals surface area (Å²) in [6, 6.07) is 6.03. The van der Waals surface area contributed by atoms with Crippen molar-refractivity contribution < 1.29 is 4.79 Å². The summed E-state index contributed by atoms with van der Waals surface area (Å²) in [4.78, 5) is 19.7. The first-order valence-corrected chi connectivity index (χ1v) is 8.28. The van der Waals surface area contributed by atoms with Crippen molar-refractivity contribution in [1.82, 2.24) is 15.1 Å². The largest absolute Gasteiger partial charge is 0.353 e. The normalized spacial score (nSPS) is 14.6. The number of benzene rings is 1. The van der Waals surface area contributed by atoms with Crippen molar-refractivity contribution in [2.75, 3.05) is 27.7 Å². The molecule has 0 aromatic heterocycles. The summed E-state index contributed by atoms with van der Waals surface area (Å²) in [5.41, 5.74) is 1.03.